The molecule has 3 aromatic heterocycles. The molecule has 0 aliphatic carbocycles. The number of aromatic nitrogens is 6. The Morgan fingerprint density at radius 1 is 1.11 bits per heavy atom. The zero-order valence-electron chi connectivity index (χ0n) is 14.0. The van der Waals surface area contributed by atoms with Crippen LogP contribution in [0.4, 0.5) is 4.39 Å². The van der Waals surface area contributed by atoms with Gasteiger partial charge in [-0.2, -0.15) is 4.98 Å². The number of fused-ring (bicyclic) bond motifs is 1. The molecule has 1 unspecified atom stereocenters. The van der Waals surface area contributed by atoms with Gasteiger partial charge in [0.1, 0.15) is 17.6 Å². The average molecular weight is 364 g/mol. The molecule has 0 N–H and O–H groups in total. The van der Waals surface area contributed by atoms with E-state index in [9.17, 15) is 4.39 Å². The number of pyridine rings is 1. The normalized spacial score (nSPS) is 16.3. The van der Waals surface area contributed by atoms with Gasteiger partial charge < -0.3 is 9.26 Å². The molecule has 1 aliphatic heterocycles. The fraction of sp³-hybridized carbons (Fsp3) is 0.167. The lowest BCUT2D eigenvalue weighted by molar-refractivity contribution is -0.00120. The Labute approximate surface area is 152 Å². The number of hydrogen-bond acceptors (Lipinski definition) is 7. The molecule has 4 heterocycles. The van der Waals surface area contributed by atoms with E-state index in [1.165, 1.54) is 12.1 Å². The van der Waals surface area contributed by atoms with Crippen molar-refractivity contribution in [1.29, 1.82) is 0 Å². The highest BCUT2D eigenvalue weighted by atomic mass is 19.1. The summed E-state index contributed by atoms with van der Waals surface area (Å²) >= 11 is 0. The van der Waals surface area contributed by atoms with Crippen molar-refractivity contribution in [1.82, 2.24) is 30.1 Å². The lowest BCUT2D eigenvalue weighted by atomic mass is 10.1. The highest BCUT2D eigenvalue weighted by Crippen LogP contribution is 2.30. The summed E-state index contributed by atoms with van der Waals surface area (Å²) in [4.78, 5) is 8.57. The van der Waals surface area contributed by atoms with Gasteiger partial charge in [0.05, 0.1) is 18.8 Å². The van der Waals surface area contributed by atoms with E-state index in [4.69, 9.17) is 9.26 Å². The van der Waals surface area contributed by atoms with Gasteiger partial charge in [0, 0.05) is 6.20 Å². The van der Waals surface area contributed by atoms with Gasteiger partial charge in [-0.1, -0.05) is 28.6 Å². The molecular weight excluding hydrogens is 351 g/mol. The summed E-state index contributed by atoms with van der Waals surface area (Å²) in [5.74, 6) is 0.368. The van der Waals surface area contributed by atoms with E-state index in [2.05, 4.69) is 25.4 Å². The Balaban J connectivity index is 1.42. The van der Waals surface area contributed by atoms with Gasteiger partial charge in [0.2, 0.25) is 5.82 Å². The van der Waals surface area contributed by atoms with Crippen LogP contribution in [-0.2, 0) is 17.9 Å². The van der Waals surface area contributed by atoms with Crippen LogP contribution in [0.1, 0.15) is 17.4 Å². The molecule has 5 rings (SSSR count). The molecule has 0 fully saturated rings. The summed E-state index contributed by atoms with van der Waals surface area (Å²) in [5.41, 5.74) is 2.74. The molecule has 4 aromatic rings. The van der Waals surface area contributed by atoms with Crippen LogP contribution in [0.5, 0.6) is 0 Å². The first-order valence-electron chi connectivity index (χ1n) is 8.33. The van der Waals surface area contributed by atoms with Crippen molar-refractivity contribution < 1.29 is 13.7 Å². The topological polar surface area (TPSA) is 91.8 Å². The Morgan fingerprint density at radius 2 is 2.00 bits per heavy atom. The fourth-order valence-corrected chi connectivity index (χ4v) is 2.98. The second-order valence-corrected chi connectivity index (χ2v) is 6.06. The molecule has 0 spiro atoms. The Hall–Kier alpha value is -3.46. The number of halogens is 1. The van der Waals surface area contributed by atoms with E-state index in [1.54, 1.807) is 29.1 Å². The third kappa shape index (κ3) is 2.87. The van der Waals surface area contributed by atoms with Gasteiger partial charge >= 0.3 is 0 Å². The third-order valence-corrected chi connectivity index (χ3v) is 4.36. The van der Waals surface area contributed by atoms with Crippen molar-refractivity contribution in [2.45, 2.75) is 19.3 Å². The van der Waals surface area contributed by atoms with Gasteiger partial charge in [-0.25, -0.2) is 9.07 Å². The van der Waals surface area contributed by atoms with Gasteiger partial charge in [0.15, 0.2) is 5.69 Å². The summed E-state index contributed by atoms with van der Waals surface area (Å²) in [5, 5.41) is 12.3. The van der Waals surface area contributed by atoms with Crippen molar-refractivity contribution in [3.05, 3.63) is 65.7 Å². The molecule has 1 aromatic carbocycles. The molecule has 0 amide bonds. The largest absolute Gasteiger partial charge is 0.365 e. The summed E-state index contributed by atoms with van der Waals surface area (Å²) in [6.07, 6.45) is 1.44. The Kier molecular flexibility index (Phi) is 3.72. The van der Waals surface area contributed by atoms with Crippen molar-refractivity contribution >= 4 is 0 Å². The fourth-order valence-electron chi connectivity index (χ4n) is 2.98. The molecule has 0 radical (unpaired) electrons. The zero-order chi connectivity index (χ0) is 18.2. The average Bonchev–Trinajstić information content (AvgIpc) is 3.36. The molecular formula is C18H13FN6O2. The van der Waals surface area contributed by atoms with Crippen LogP contribution in [-0.4, -0.2) is 30.1 Å². The first-order chi connectivity index (χ1) is 13.3. The van der Waals surface area contributed by atoms with Crippen LogP contribution in [0.2, 0.25) is 0 Å². The molecule has 8 nitrogen and oxygen atoms in total. The predicted molar refractivity (Wildman–Crippen MR) is 90.5 cm³/mol. The second kappa shape index (κ2) is 6.36. The lowest BCUT2D eigenvalue weighted by Gasteiger charge is -2.24. The summed E-state index contributed by atoms with van der Waals surface area (Å²) < 4.78 is 26.1. The minimum Gasteiger partial charge on any atom is -0.365 e. The second-order valence-electron chi connectivity index (χ2n) is 6.06. The van der Waals surface area contributed by atoms with Gasteiger partial charge in [-0.3, -0.25) is 4.98 Å². The van der Waals surface area contributed by atoms with Gasteiger partial charge in [-0.15, -0.1) is 5.10 Å². The van der Waals surface area contributed by atoms with E-state index in [0.29, 0.717) is 23.8 Å². The van der Waals surface area contributed by atoms with Crippen molar-refractivity contribution in [3.8, 4) is 23.1 Å². The van der Waals surface area contributed by atoms with Crippen molar-refractivity contribution in [3.63, 3.8) is 0 Å². The SMILES string of the molecule is Fc1ccc(C2Cn3nnc(-c4nc(-c5ccccn5)no4)c3CO2)cc1. The molecule has 1 aliphatic rings. The number of hydrogen-bond donors (Lipinski definition) is 0. The molecule has 27 heavy (non-hydrogen) atoms. The monoisotopic (exact) mass is 364 g/mol. The van der Waals surface area contributed by atoms with Crippen LogP contribution in [0.25, 0.3) is 23.1 Å². The van der Waals surface area contributed by atoms with E-state index >= 15 is 0 Å². The van der Waals surface area contributed by atoms with Crippen molar-refractivity contribution in [2.24, 2.45) is 0 Å². The third-order valence-electron chi connectivity index (χ3n) is 4.36. The minimum absolute atomic E-state index is 0.223. The standard InChI is InChI=1S/C18H13FN6O2/c19-12-6-4-11(5-7-12)15-9-25-14(10-26-15)16(22-24-25)18-21-17(23-27-18)13-3-1-2-8-20-13/h1-8,15H,9-10H2. The van der Waals surface area contributed by atoms with Crippen LogP contribution < -0.4 is 0 Å². The van der Waals surface area contributed by atoms with E-state index in [0.717, 1.165) is 11.3 Å². The number of ether oxygens (including phenoxy) is 1. The lowest BCUT2D eigenvalue weighted by Crippen LogP contribution is -2.22. The summed E-state index contributed by atoms with van der Waals surface area (Å²) in [7, 11) is 0. The maximum atomic E-state index is 13.1. The first kappa shape index (κ1) is 15.8. The molecule has 134 valence electrons. The van der Waals surface area contributed by atoms with Crippen molar-refractivity contribution in [2.75, 3.05) is 0 Å². The number of rotatable bonds is 3. The predicted octanol–water partition coefficient (Wildman–Crippen LogP) is 2.80. The van der Waals surface area contributed by atoms with E-state index in [-0.39, 0.29) is 24.4 Å². The zero-order valence-corrected chi connectivity index (χ0v) is 14.0. The van der Waals surface area contributed by atoms with Gasteiger partial charge in [0.25, 0.3) is 5.89 Å². The number of benzene rings is 1. The smallest absolute Gasteiger partial charge is 0.280 e. The highest BCUT2D eigenvalue weighted by molar-refractivity contribution is 5.55. The molecule has 0 saturated heterocycles. The maximum absolute atomic E-state index is 13.1. The van der Waals surface area contributed by atoms with Crippen LogP contribution in [0.15, 0.2) is 53.2 Å². The molecule has 0 saturated carbocycles. The molecule has 9 heteroatoms. The van der Waals surface area contributed by atoms with E-state index < -0.39 is 0 Å². The Morgan fingerprint density at radius 3 is 2.81 bits per heavy atom. The van der Waals surface area contributed by atoms with Crippen LogP contribution >= 0.6 is 0 Å². The maximum Gasteiger partial charge on any atom is 0.280 e. The van der Waals surface area contributed by atoms with E-state index in [1.807, 2.05) is 12.1 Å². The Bertz CT molecular complexity index is 1080. The quantitative estimate of drug-likeness (QED) is 0.552. The summed E-state index contributed by atoms with van der Waals surface area (Å²) in [6.45, 7) is 0.751. The van der Waals surface area contributed by atoms with Crippen LogP contribution in [0, 0.1) is 5.82 Å². The highest BCUT2D eigenvalue weighted by Gasteiger charge is 2.28. The van der Waals surface area contributed by atoms with Crippen LogP contribution in [0.3, 0.4) is 0 Å². The minimum atomic E-state index is -0.279. The molecule has 0 bridgehead atoms. The first-order valence-corrected chi connectivity index (χ1v) is 8.33. The number of nitrogens with zero attached hydrogens (tertiary/aromatic N) is 6. The molecule has 1 atom stereocenters. The summed E-state index contributed by atoms with van der Waals surface area (Å²) in [6, 6.07) is 11.7. The van der Waals surface area contributed by atoms with Gasteiger partial charge in [-0.05, 0) is 29.8 Å².